The normalized spacial score (nSPS) is 20.7. The van der Waals surface area contributed by atoms with Gasteiger partial charge in [0, 0.05) is 54.3 Å². The van der Waals surface area contributed by atoms with E-state index < -0.39 is 0 Å². The number of amides is 1. The number of aromatic nitrogens is 2. The predicted octanol–water partition coefficient (Wildman–Crippen LogP) is 2.43. The summed E-state index contributed by atoms with van der Waals surface area (Å²) in [5.74, 6) is 0.0409. The lowest BCUT2D eigenvalue weighted by molar-refractivity contribution is 0.0898. The van der Waals surface area contributed by atoms with Crippen molar-refractivity contribution in [2.45, 2.75) is 51.9 Å². The lowest BCUT2D eigenvalue weighted by Gasteiger charge is -2.33. The Morgan fingerprint density at radius 2 is 2.42 bits per heavy atom. The van der Waals surface area contributed by atoms with Crippen molar-refractivity contribution < 1.29 is 9.53 Å². The molecule has 0 bridgehead atoms. The maximum Gasteiger partial charge on any atom is 0.252 e. The number of hydrogen-bond acceptors (Lipinski definition) is 5. The van der Waals surface area contributed by atoms with Gasteiger partial charge in [0.25, 0.3) is 5.91 Å². The molecule has 2 aliphatic rings. The van der Waals surface area contributed by atoms with Crippen LogP contribution in [-0.4, -0.2) is 46.3 Å². The minimum absolute atomic E-state index is 0.0409. The van der Waals surface area contributed by atoms with Crippen molar-refractivity contribution >= 4 is 17.2 Å². The number of carbonyl (C=O) groups is 1. The molecule has 2 aromatic heterocycles. The van der Waals surface area contributed by atoms with Crippen LogP contribution in [0.3, 0.4) is 0 Å². The fourth-order valence-electron chi connectivity index (χ4n) is 3.96. The van der Waals surface area contributed by atoms with Gasteiger partial charge in [-0.15, -0.1) is 0 Å². The van der Waals surface area contributed by atoms with Gasteiger partial charge in [-0.1, -0.05) is 0 Å². The molecule has 1 unspecified atom stereocenters. The average Bonchev–Trinajstić information content (AvgIpc) is 3.31. The van der Waals surface area contributed by atoms with Crippen molar-refractivity contribution in [2.24, 2.45) is 0 Å². The molecule has 0 saturated carbocycles. The number of hydrogen-bond donors (Lipinski definition) is 1. The van der Waals surface area contributed by atoms with Gasteiger partial charge in [0.2, 0.25) is 0 Å². The van der Waals surface area contributed by atoms with Crippen LogP contribution in [-0.2, 0) is 30.9 Å². The van der Waals surface area contributed by atoms with Crippen LogP contribution in [0.1, 0.15) is 47.1 Å². The van der Waals surface area contributed by atoms with Crippen LogP contribution < -0.4 is 5.32 Å². The van der Waals surface area contributed by atoms with Crippen LogP contribution >= 0.6 is 11.3 Å². The Morgan fingerprint density at radius 1 is 1.50 bits per heavy atom. The van der Waals surface area contributed by atoms with Gasteiger partial charge in [0.15, 0.2) is 0 Å². The van der Waals surface area contributed by atoms with E-state index >= 15 is 0 Å². The number of thiophene rings is 1. The topological polar surface area (TPSA) is 59.4 Å². The number of fused-ring (bicyclic) bond motifs is 1. The van der Waals surface area contributed by atoms with E-state index in [0.29, 0.717) is 6.61 Å². The lowest BCUT2D eigenvalue weighted by Crippen LogP contribution is -2.47. The van der Waals surface area contributed by atoms with Crippen LogP contribution in [0.2, 0.25) is 0 Å². The molecule has 4 heterocycles. The zero-order chi connectivity index (χ0) is 17.9. The lowest BCUT2D eigenvalue weighted by atomic mass is 10.0. The second-order valence-electron chi connectivity index (χ2n) is 7.05. The molecule has 6 nitrogen and oxygen atoms in total. The van der Waals surface area contributed by atoms with E-state index in [0.717, 1.165) is 63.3 Å². The summed E-state index contributed by atoms with van der Waals surface area (Å²) in [5.41, 5.74) is 4.53. The van der Waals surface area contributed by atoms with Crippen LogP contribution in [0.5, 0.6) is 0 Å². The molecule has 1 N–H and O–H groups in total. The third kappa shape index (κ3) is 3.70. The zero-order valence-electron chi connectivity index (χ0n) is 15.2. The van der Waals surface area contributed by atoms with Gasteiger partial charge in [0.05, 0.1) is 18.9 Å². The van der Waals surface area contributed by atoms with Gasteiger partial charge in [-0.25, -0.2) is 0 Å². The molecule has 0 spiro atoms. The van der Waals surface area contributed by atoms with Gasteiger partial charge in [0.1, 0.15) is 0 Å². The monoisotopic (exact) mass is 374 g/mol. The number of aryl methyl sites for hydroxylation is 1. The molecule has 2 aromatic rings. The average molecular weight is 375 g/mol. The van der Waals surface area contributed by atoms with Crippen molar-refractivity contribution in [2.75, 3.05) is 19.7 Å². The second kappa shape index (κ2) is 7.90. The van der Waals surface area contributed by atoms with Gasteiger partial charge in [-0.05, 0) is 37.8 Å². The first-order valence-corrected chi connectivity index (χ1v) is 10.4. The number of nitrogens with zero attached hydrogens (tertiary/aromatic N) is 3. The highest BCUT2D eigenvalue weighted by Gasteiger charge is 2.26. The molecule has 1 amide bonds. The SMILES string of the molecule is CCn1nc(CN2CCCC(NC(=O)c3ccsc3)C2)c2c1CCOC2. The number of nitrogens with one attached hydrogen (secondary N) is 1. The molecular formula is C19H26N4O2S. The fourth-order valence-corrected chi connectivity index (χ4v) is 4.59. The van der Waals surface area contributed by atoms with E-state index in [1.54, 1.807) is 11.3 Å². The number of rotatable bonds is 5. The summed E-state index contributed by atoms with van der Waals surface area (Å²) in [6.07, 6.45) is 3.09. The van der Waals surface area contributed by atoms with E-state index in [9.17, 15) is 4.79 Å². The number of piperidine rings is 1. The van der Waals surface area contributed by atoms with E-state index in [1.165, 1.54) is 11.3 Å². The predicted molar refractivity (Wildman–Crippen MR) is 101 cm³/mol. The molecule has 0 radical (unpaired) electrons. The molecule has 0 aliphatic carbocycles. The van der Waals surface area contributed by atoms with Gasteiger partial charge in [-0.2, -0.15) is 16.4 Å². The first-order valence-electron chi connectivity index (χ1n) is 9.45. The smallest absolute Gasteiger partial charge is 0.252 e. The molecule has 0 aromatic carbocycles. The Bertz CT molecular complexity index is 756. The maximum absolute atomic E-state index is 12.3. The minimum atomic E-state index is 0.0409. The van der Waals surface area contributed by atoms with Gasteiger partial charge in [-0.3, -0.25) is 14.4 Å². The summed E-state index contributed by atoms with van der Waals surface area (Å²) in [4.78, 5) is 14.7. The molecule has 2 aliphatic heterocycles. The minimum Gasteiger partial charge on any atom is -0.376 e. The first kappa shape index (κ1) is 17.7. The van der Waals surface area contributed by atoms with E-state index in [2.05, 4.69) is 21.8 Å². The van der Waals surface area contributed by atoms with E-state index in [1.807, 2.05) is 16.8 Å². The summed E-state index contributed by atoms with van der Waals surface area (Å²) in [6, 6.07) is 2.08. The Balaban J connectivity index is 1.41. The third-order valence-electron chi connectivity index (χ3n) is 5.28. The second-order valence-corrected chi connectivity index (χ2v) is 7.83. The zero-order valence-corrected chi connectivity index (χ0v) is 16.1. The maximum atomic E-state index is 12.3. The van der Waals surface area contributed by atoms with Crippen molar-refractivity contribution in [3.63, 3.8) is 0 Å². The van der Waals surface area contributed by atoms with E-state index in [4.69, 9.17) is 9.84 Å². The summed E-state index contributed by atoms with van der Waals surface area (Å²) < 4.78 is 7.80. The van der Waals surface area contributed by atoms with Crippen LogP contribution in [0, 0.1) is 0 Å². The molecular weight excluding hydrogens is 348 g/mol. The Kier molecular flexibility index (Phi) is 5.38. The Morgan fingerprint density at radius 3 is 3.23 bits per heavy atom. The highest BCUT2D eigenvalue weighted by molar-refractivity contribution is 7.08. The van der Waals surface area contributed by atoms with Crippen molar-refractivity contribution in [1.82, 2.24) is 20.0 Å². The van der Waals surface area contributed by atoms with Crippen molar-refractivity contribution in [3.8, 4) is 0 Å². The number of ether oxygens (including phenoxy) is 1. The standard InChI is InChI=1S/C19H26N4O2S/c1-2-23-18-5-8-25-12-16(18)17(21-23)11-22-7-3-4-15(10-22)20-19(24)14-6-9-26-13-14/h6,9,13,15H,2-5,7-8,10-12H2,1H3,(H,20,24). The number of likely N-dealkylation sites (tertiary alicyclic amines) is 1. The highest BCUT2D eigenvalue weighted by atomic mass is 32.1. The Hall–Kier alpha value is -1.70. The van der Waals surface area contributed by atoms with Gasteiger partial charge < -0.3 is 10.1 Å². The van der Waals surface area contributed by atoms with E-state index in [-0.39, 0.29) is 11.9 Å². The van der Waals surface area contributed by atoms with Crippen molar-refractivity contribution in [1.29, 1.82) is 0 Å². The molecule has 140 valence electrons. The molecule has 1 fully saturated rings. The van der Waals surface area contributed by atoms with Crippen LogP contribution in [0.25, 0.3) is 0 Å². The van der Waals surface area contributed by atoms with Crippen molar-refractivity contribution in [3.05, 3.63) is 39.3 Å². The summed E-state index contributed by atoms with van der Waals surface area (Å²) in [7, 11) is 0. The first-order chi connectivity index (χ1) is 12.7. The Labute approximate surface area is 158 Å². The fraction of sp³-hybridized carbons (Fsp3) is 0.579. The quantitative estimate of drug-likeness (QED) is 0.873. The summed E-state index contributed by atoms with van der Waals surface area (Å²) in [6.45, 7) is 7.29. The summed E-state index contributed by atoms with van der Waals surface area (Å²) >= 11 is 1.56. The molecule has 1 saturated heterocycles. The molecule has 26 heavy (non-hydrogen) atoms. The number of carbonyl (C=O) groups excluding carboxylic acids is 1. The third-order valence-corrected chi connectivity index (χ3v) is 5.96. The van der Waals surface area contributed by atoms with Gasteiger partial charge >= 0.3 is 0 Å². The summed E-state index contributed by atoms with van der Waals surface area (Å²) in [5, 5.41) is 11.9. The highest BCUT2D eigenvalue weighted by Crippen LogP contribution is 2.23. The largest absolute Gasteiger partial charge is 0.376 e. The molecule has 4 rings (SSSR count). The molecule has 1 atom stereocenters. The molecule has 7 heteroatoms. The van der Waals surface area contributed by atoms with Crippen LogP contribution in [0.15, 0.2) is 16.8 Å². The van der Waals surface area contributed by atoms with Crippen LogP contribution in [0.4, 0.5) is 0 Å².